The van der Waals surface area contributed by atoms with Crippen molar-refractivity contribution in [1.82, 2.24) is 4.98 Å². The fraction of sp³-hybridized carbons (Fsp3) is 0.545. The second-order valence-corrected chi connectivity index (χ2v) is 4.91. The second-order valence-electron chi connectivity index (χ2n) is 4.06. The largest absolute Gasteiger partial charge is 0.388 e. The molecule has 0 amide bonds. The quantitative estimate of drug-likeness (QED) is 0.622. The van der Waals surface area contributed by atoms with Crippen molar-refractivity contribution in [2.75, 3.05) is 11.9 Å². The molecule has 2 N–H and O–H groups in total. The molecule has 1 heterocycles. The smallest absolute Gasteiger partial charge is 0.311 e. The summed E-state index contributed by atoms with van der Waals surface area (Å²) in [4.78, 5) is 14.1. The number of rotatable bonds is 6. The Morgan fingerprint density at radius 3 is 2.61 bits per heavy atom. The Hall–Kier alpha value is -1.21. The van der Waals surface area contributed by atoms with Crippen molar-refractivity contribution >= 4 is 27.3 Å². The van der Waals surface area contributed by atoms with Gasteiger partial charge in [0.2, 0.25) is 0 Å². The maximum absolute atomic E-state index is 10.9. The zero-order valence-electron chi connectivity index (χ0n) is 10.3. The van der Waals surface area contributed by atoms with Crippen LogP contribution < -0.4 is 5.32 Å². The van der Waals surface area contributed by atoms with E-state index in [4.69, 9.17) is 0 Å². The number of nitrogens with one attached hydrogen (secondary N) is 1. The highest BCUT2D eigenvalue weighted by molar-refractivity contribution is 9.10. The molecule has 0 atom stereocenters. The Morgan fingerprint density at radius 2 is 2.11 bits per heavy atom. The molecule has 0 spiro atoms. The first-order valence-corrected chi connectivity index (χ1v) is 6.47. The van der Waals surface area contributed by atoms with Crippen molar-refractivity contribution < 1.29 is 10.0 Å². The van der Waals surface area contributed by atoms with Crippen LogP contribution in [0.25, 0.3) is 0 Å². The number of pyridine rings is 1. The number of anilines is 1. The van der Waals surface area contributed by atoms with Crippen LogP contribution in [0, 0.1) is 10.1 Å². The van der Waals surface area contributed by atoms with Crippen LogP contribution in [0.15, 0.2) is 16.9 Å². The van der Waals surface area contributed by atoms with E-state index in [1.807, 2.05) is 13.8 Å². The average Bonchev–Trinajstić information content (AvgIpc) is 2.36. The summed E-state index contributed by atoms with van der Waals surface area (Å²) >= 11 is 3.22. The zero-order chi connectivity index (χ0) is 13.8. The minimum absolute atomic E-state index is 0.112. The van der Waals surface area contributed by atoms with Gasteiger partial charge in [-0.05, 0) is 28.8 Å². The summed E-state index contributed by atoms with van der Waals surface area (Å²) in [5.74, 6) is 0. The zero-order valence-corrected chi connectivity index (χ0v) is 11.9. The van der Waals surface area contributed by atoms with E-state index in [-0.39, 0.29) is 12.2 Å². The molecule has 0 fully saturated rings. The van der Waals surface area contributed by atoms with Gasteiger partial charge in [-0.25, -0.2) is 0 Å². The van der Waals surface area contributed by atoms with E-state index in [0.29, 0.717) is 23.0 Å². The van der Waals surface area contributed by atoms with Crippen LogP contribution in [-0.2, 0) is 0 Å². The monoisotopic (exact) mass is 317 g/mol. The van der Waals surface area contributed by atoms with Crippen molar-refractivity contribution in [3.8, 4) is 0 Å². The van der Waals surface area contributed by atoms with Crippen LogP contribution in [0.5, 0.6) is 0 Å². The molecule has 1 aromatic rings. The first-order chi connectivity index (χ1) is 8.43. The Morgan fingerprint density at radius 1 is 1.50 bits per heavy atom. The van der Waals surface area contributed by atoms with Crippen molar-refractivity contribution in [1.29, 1.82) is 0 Å². The third-order valence-electron chi connectivity index (χ3n) is 2.99. The summed E-state index contributed by atoms with van der Waals surface area (Å²) in [5.41, 5.74) is -0.634. The van der Waals surface area contributed by atoms with Crippen molar-refractivity contribution in [2.24, 2.45) is 0 Å². The van der Waals surface area contributed by atoms with Gasteiger partial charge in [0.25, 0.3) is 0 Å². The summed E-state index contributed by atoms with van der Waals surface area (Å²) in [5, 5.41) is 24.0. The van der Waals surface area contributed by atoms with Crippen LogP contribution >= 0.6 is 15.9 Å². The normalized spacial score (nSPS) is 11.3. The molecule has 0 unspecified atom stereocenters. The molecule has 0 bridgehead atoms. The van der Waals surface area contributed by atoms with Gasteiger partial charge in [-0.2, -0.15) is 0 Å². The summed E-state index contributed by atoms with van der Waals surface area (Å²) in [6.45, 7) is 4.01. The first-order valence-electron chi connectivity index (χ1n) is 5.67. The SMILES string of the molecule is CCC(O)(CC)CNc1c(Br)cncc1[N+](=O)[O-]. The fourth-order valence-electron chi connectivity index (χ4n) is 1.49. The second kappa shape index (κ2) is 6.10. The molecular weight excluding hydrogens is 302 g/mol. The number of nitro groups is 1. The van der Waals surface area contributed by atoms with Gasteiger partial charge < -0.3 is 10.4 Å². The predicted octanol–water partition coefficient (Wildman–Crippen LogP) is 2.72. The van der Waals surface area contributed by atoms with Gasteiger partial charge in [0, 0.05) is 12.7 Å². The molecule has 0 aliphatic rings. The van der Waals surface area contributed by atoms with E-state index >= 15 is 0 Å². The molecule has 1 aromatic heterocycles. The van der Waals surface area contributed by atoms with Gasteiger partial charge in [0.15, 0.2) is 0 Å². The number of hydrogen-bond donors (Lipinski definition) is 2. The van der Waals surface area contributed by atoms with Gasteiger partial charge in [0.05, 0.1) is 15.0 Å². The average molecular weight is 318 g/mol. The van der Waals surface area contributed by atoms with E-state index in [1.54, 1.807) is 0 Å². The highest BCUT2D eigenvalue weighted by Crippen LogP contribution is 2.31. The van der Waals surface area contributed by atoms with Gasteiger partial charge in [0.1, 0.15) is 11.9 Å². The van der Waals surface area contributed by atoms with Crippen molar-refractivity contribution in [2.45, 2.75) is 32.3 Å². The Bertz CT molecular complexity index is 436. The first kappa shape index (κ1) is 14.8. The van der Waals surface area contributed by atoms with E-state index in [0.717, 1.165) is 0 Å². The summed E-state index contributed by atoms with van der Waals surface area (Å²) in [6, 6.07) is 0. The van der Waals surface area contributed by atoms with Gasteiger partial charge >= 0.3 is 5.69 Å². The molecule has 18 heavy (non-hydrogen) atoms. The highest BCUT2D eigenvalue weighted by atomic mass is 79.9. The van der Waals surface area contributed by atoms with Crippen LogP contribution in [0.2, 0.25) is 0 Å². The molecule has 0 aliphatic carbocycles. The van der Waals surface area contributed by atoms with Gasteiger partial charge in [-0.15, -0.1) is 0 Å². The van der Waals surface area contributed by atoms with E-state index in [1.165, 1.54) is 12.4 Å². The molecule has 0 saturated carbocycles. The van der Waals surface area contributed by atoms with Crippen LogP contribution in [-0.4, -0.2) is 27.2 Å². The lowest BCUT2D eigenvalue weighted by molar-refractivity contribution is -0.384. The van der Waals surface area contributed by atoms with E-state index in [9.17, 15) is 15.2 Å². The minimum Gasteiger partial charge on any atom is -0.388 e. The summed E-state index contributed by atoms with van der Waals surface area (Å²) in [7, 11) is 0. The molecule has 0 aromatic carbocycles. The molecule has 0 radical (unpaired) electrons. The lowest BCUT2D eigenvalue weighted by Gasteiger charge is -2.26. The number of aromatic nitrogens is 1. The van der Waals surface area contributed by atoms with Crippen molar-refractivity contribution in [3.05, 3.63) is 27.0 Å². The third-order valence-corrected chi connectivity index (χ3v) is 3.59. The van der Waals surface area contributed by atoms with E-state index < -0.39 is 10.5 Å². The predicted molar refractivity (Wildman–Crippen MR) is 72.6 cm³/mol. The number of aliphatic hydroxyl groups is 1. The lowest BCUT2D eigenvalue weighted by atomic mass is 9.97. The topological polar surface area (TPSA) is 88.3 Å². The van der Waals surface area contributed by atoms with E-state index in [2.05, 4.69) is 26.2 Å². The minimum atomic E-state index is -0.865. The summed E-state index contributed by atoms with van der Waals surface area (Å²) < 4.78 is 0.506. The Balaban J connectivity index is 2.94. The van der Waals surface area contributed by atoms with Crippen molar-refractivity contribution in [3.63, 3.8) is 0 Å². The van der Waals surface area contributed by atoms with Crippen LogP contribution in [0.4, 0.5) is 11.4 Å². The Labute approximate surface area is 114 Å². The van der Waals surface area contributed by atoms with Gasteiger partial charge in [-0.1, -0.05) is 13.8 Å². The number of nitrogens with zero attached hydrogens (tertiary/aromatic N) is 2. The fourth-order valence-corrected chi connectivity index (χ4v) is 1.95. The molecule has 100 valence electrons. The highest BCUT2D eigenvalue weighted by Gasteiger charge is 2.24. The standard InChI is InChI=1S/C11H16BrN3O3/c1-3-11(16,4-2)7-14-10-8(12)5-13-6-9(10)15(17)18/h5-6,16H,3-4,7H2,1-2H3,(H,13,14). The maximum atomic E-state index is 10.9. The molecule has 0 aliphatic heterocycles. The molecule has 7 heteroatoms. The lowest BCUT2D eigenvalue weighted by Crippen LogP contribution is -2.35. The molecule has 0 saturated heterocycles. The maximum Gasteiger partial charge on any atom is 0.311 e. The van der Waals surface area contributed by atoms with Crippen LogP contribution in [0.3, 0.4) is 0 Å². The molecule has 1 rings (SSSR count). The molecular formula is C11H16BrN3O3. The van der Waals surface area contributed by atoms with Gasteiger partial charge in [-0.3, -0.25) is 15.1 Å². The van der Waals surface area contributed by atoms with Crippen LogP contribution in [0.1, 0.15) is 26.7 Å². The summed E-state index contributed by atoms with van der Waals surface area (Å²) in [6.07, 6.45) is 3.82. The number of halogens is 1. The third kappa shape index (κ3) is 3.39. The Kier molecular flexibility index (Phi) is 5.03. The number of hydrogen-bond acceptors (Lipinski definition) is 5. The molecule has 6 nitrogen and oxygen atoms in total.